The molecule has 17 heavy (non-hydrogen) atoms. The van der Waals surface area contributed by atoms with Crippen LogP contribution in [0.3, 0.4) is 0 Å². The van der Waals surface area contributed by atoms with E-state index in [1.165, 1.54) is 12.8 Å². The predicted molar refractivity (Wildman–Crippen MR) is 67.1 cm³/mol. The third-order valence-electron chi connectivity index (χ3n) is 3.79. The van der Waals surface area contributed by atoms with Crippen molar-refractivity contribution in [2.24, 2.45) is 5.41 Å². The first-order chi connectivity index (χ1) is 8.06. The fourth-order valence-corrected chi connectivity index (χ4v) is 2.10. The van der Waals surface area contributed by atoms with E-state index in [4.69, 9.17) is 0 Å². The summed E-state index contributed by atoms with van der Waals surface area (Å²) in [6.07, 6.45) is 3.57. The van der Waals surface area contributed by atoms with E-state index in [-0.39, 0.29) is 11.7 Å². The number of carbonyl (C=O) groups is 1. The molecule has 3 heteroatoms. The summed E-state index contributed by atoms with van der Waals surface area (Å²) in [4.78, 5) is 12.0. The Morgan fingerprint density at radius 3 is 2.71 bits per heavy atom. The number of hydrogen-bond donors (Lipinski definition) is 2. The molecule has 0 aliphatic heterocycles. The van der Waals surface area contributed by atoms with Gasteiger partial charge in [0.25, 0.3) is 5.91 Å². The van der Waals surface area contributed by atoms with Crippen LogP contribution in [0.4, 0.5) is 0 Å². The lowest BCUT2D eigenvalue weighted by Gasteiger charge is -2.14. The van der Waals surface area contributed by atoms with Crippen LogP contribution in [-0.4, -0.2) is 17.6 Å². The number of rotatable bonds is 4. The summed E-state index contributed by atoms with van der Waals surface area (Å²) in [6.45, 7) is 4.77. The molecule has 0 aromatic heterocycles. The van der Waals surface area contributed by atoms with Crippen LogP contribution in [0, 0.1) is 12.3 Å². The van der Waals surface area contributed by atoms with E-state index in [2.05, 4.69) is 12.2 Å². The van der Waals surface area contributed by atoms with Gasteiger partial charge in [-0.3, -0.25) is 4.79 Å². The number of aromatic hydroxyl groups is 1. The minimum atomic E-state index is -0.0396. The van der Waals surface area contributed by atoms with Crippen LogP contribution in [0.25, 0.3) is 0 Å². The van der Waals surface area contributed by atoms with Crippen LogP contribution in [0.5, 0.6) is 5.75 Å². The monoisotopic (exact) mass is 233 g/mol. The number of carbonyl (C=O) groups excluding carboxylic acids is 1. The van der Waals surface area contributed by atoms with Gasteiger partial charge in [-0.15, -0.1) is 0 Å². The SMILES string of the molecule is CCC1(CNC(=O)c2ccc(O)cc2C)CC1. The zero-order valence-corrected chi connectivity index (χ0v) is 10.4. The topological polar surface area (TPSA) is 49.3 Å². The van der Waals surface area contributed by atoms with Crippen molar-refractivity contribution in [2.45, 2.75) is 33.1 Å². The number of benzene rings is 1. The van der Waals surface area contributed by atoms with E-state index in [0.717, 1.165) is 18.5 Å². The molecule has 0 saturated heterocycles. The lowest BCUT2D eigenvalue weighted by molar-refractivity contribution is 0.0943. The van der Waals surface area contributed by atoms with Gasteiger partial charge in [-0.25, -0.2) is 0 Å². The second-order valence-corrected chi connectivity index (χ2v) is 5.04. The van der Waals surface area contributed by atoms with Crippen molar-refractivity contribution in [3.05, 3.63) is 29.3 Å². The molecule has 1 aromatic carbocycles. The Morgan fingerprint density at radius 2 is 2.18 bits per heavy atom. The van der Waals surface area contributed by atoms with E-state index >= 15 is 0 Å². The number of phenolic OH excluding ortho intramolecular Hbond substituents is 1. The van der Waals surface area contributed by atoms with Crippen molar-refractivity contribution in [2.75, 3.05) is 6.54 Å². The standard InChI is InChI=1S/C14H19NO2/c1-3-14(6-7-14)9-15-13(17)12-5-4-11(16)8-10(12)2/h4-5,8,16H,3,6-7,9H2,1-2H3,(H,15,17). The highest BCUT2D eigenvalue weighted by atomic mass is 16.3. The fourth-order valence-electron chi connectivity index (χ4n) is 2.10. The quantitative estimate of drug-likeness (QED) is 0.839. The zero-order valence-electron chi connectivity index (χ0n) is 10.4. The summed E-state index contributed by atoms with van der Waals surface area (Å²) in [5, 5.41) is 12.3. The van der Waals surface area contributed by atoms with Gasteiger partial charge in [0.05, 0.1) is 0 Å². The van der Waals surface area contributed by atoms with Crippen molar-refractivity contribution >= 4 is 5.91 Å². The first-order valence-electron chi connectivity index (χ1n) is 6.14. The molecule has 0 radical (unpaired) electrons. The summed E-state index contributed by atoms with van der Waals surface area (Å²) in [5.41, 5.74) is 1.82. The van der Waals surface area contributed by atoms with Gasteiger partial charge < -0.3 is 10.4 Å². The molecule has 92 valence electrons. The summed E-state index contributed by atoms with van der Waals surface area (Å²) >= 11 is 0. The van der Waals surface area contributed by atoms with Crippen molar-refractivity contribution in [1.82, 2.24) is 5.32 Å². The van der Waals surface area contributed by atoms with Crippen LogP contribution in [0.1, 0.15) is 42.1 Å². The van der Waals surface area contributed by atoms with Crippen LogP contribution < -0.4 is 5.32 Å². The molecule has 1 fully saturated rings. The van der Waals surface area contributed by atoms with Gasteiger partial charge in [-0.2, -0.15) is 0 Å². The highest BCUT2D eigenvalue weighted by molar-refractivity contribution is 5.95. The lowest BCUT2D eigenvalue weighted by Crippen LogP contribution is -2.30. The first-order valence-corrected chi connectivity index (χ1v) is 6.14. The minimum absolute atomic E-state index is 0.0396. The number of amides is 1. The molecule has 0 spiro atoms. The Bertz CT molecular complexity index is 436. The van der Waals surface area contributed by atoms with Crippen LogP contribution >= 0.6 is 0 Å². The van der Waals surface area contributed by atoms with Gasteiger partial charge in [0.15, 0.2) is 0 Å². The summed E-state index contributed by atoms with van der Waals surface area (Å²) < 4.78 is 0. The Balaban J connectivity index is 2.00. The molecule has 1 aliphatic rings. The van der Waals surface area contributed by atoms with E-state index in [1.807, 2.05) is 6.92 Å². The van der Waals surface area contributed by atoms with Crippen LogP contribution in [-0.2, 0) is 0 Å². The third-order valence-corrected chi connectivity index (χ3v) is 3.79. The Hall–Kier alpha value is -1.51. The molecule has 1 aromatic rings. The van der Waals surface area contributed by atoms with E-state index in [9.17, 15) is 9.90 Å². The molecule has 1 saturated carbocycles. The number of aryl methyl sites for hydroxylation is 1. The molecule has 2 N–H and O–H groups in total. The fraction of sp³-hybridized carbons (Fsp3) is 0.500. The second kappa shape index (κ2) is 4.40. The number of nitrogens with one attached hydrogen (secondary N) is 1. The predicted octanol–water partition coefficient (Wildman–Crippen LogP) is 2.62. The summed E-state index contributed by atoms with van der Waals surface area (Å²) in [5.74, 6) is 0.161. The van der Waals surface area contributed by atoms with Crippen molar-refractivity contribution in [3.63, 3.8) is 0 Å². The van der Waals surface area contributed by atoms with E-state index in [1.54, 1.807) is 18.2 Å². The van der Waals surface area contributed by atoms with Crippen LogP contribution in [0.2, 0.25) is 0 Å². The van der Waals surface area contributed by atoms with Gasteiger partial charge in [-0.05, 0) is 55.4 Å². The zero-order chi connectivity index (χ0) is 12.5. The van der Waals surface area contributed by atoms with Gasteiger partial charge in [-0.1, -0.05) is 6.92 Å². The van der Waals surface area contributed by atoms with Crippen LogP contribution in [0.15, 0.2) is 18.2 Å². The average Bonchev–Trinajstić information content (AvgIpc) is 3.07. The molecule has 1 aliphatic carbocycles. The maximum Gasteiger partial charge on any atom is 0.251 e. The molecule has 0 bridgehead atoms. The van der Waals surface area contributed by atoms with Gasteiger partial charge >= 0.3 is 0 Å². The first kappa shape index (κ1) is 12.0. The van der Waals surface area contributed by atoms with Gasteiger partial charge in [0.1, 0.15) is 5.75 Å². The average molecular weight is 233 g/mol. The minimum Gasteiger partial charge on any atom is -0.508 e. The molecular formula is C14H19NO2. The molecule has 2 rings (SSSR count). The molecule has 0 atom stereocenters. The van der Waals surface area contributed by atoms with E-state index in [0.29, 0.717) is 11.0 Å². The third kappa shape index (κ3) is 2.60. The highest BCUT2D eigenvalue weighted by Gasteiger charge is 2.40. The van der Waals surface area contributed by atoms with Crippen molar-refractivity contribution in [1.29, 1.82) is 0 Å². The van der Waals surface area contributed by atoms with Gasteiger partial charge in [0, 0.05) is 12.1 Å². The largest absolute Gasteiger partial charge is 0.508 e. The van der Waals surface area contributed by atoms with E-state index < -0.39 is 0 Å². The van der Waals surface area contributed by atoms with Crippen molar-refractivity contribution < 1.29 is 9.90 Å². The second-order valence-electron chi connectivity index (χ2n) is 5.04. The molecular weight excluding hydrogens is 214 g/mol. The smallest absolute Gasteiger partial charge is 0.251 e. The normalized spacial score (nSPS) is 16.6. The molecule has 0 heterocycles. The van der Waals surface area contributed by atoms with Gasteiger partial charge in [0.2, 0.25) is 0 Å². The summed E-state index contributed by atoms with van der Waals surface area (Å²) in [7, 11) is 0. The highest BCUT2D eigenvalue weighted by Crippen LogP contribution is 2.47. The number of hydrogen-bond acceptors (Lipinski definition) is 2. The molecule has 0 unspecified atom stereocenters. The number of phenols is 1. The maximum absolute atomic E-state index is 12.0. The Morgan fingerprint density at radius 1 is 1.47 bits per heavy atom. The van der Waals surface area contributed by atoms with Crippen molar-refractivity contribution in [3.8, 4) is 5.75 Å². The molecule has 3 nitrogen and oxygen atoms in total. The molecule has 1 amide bonds. The Labute approximate surface area is 102 Å². The lowest BCUT2D eigenvalue weighted by atomic mass is 10.0. The Kier molecular flexibility index (Phi) is 3.09. The maximum atomic E-state index is 12.0. The summed E-state index contributed by atoms with van der Waals surface area (Å²) in [6, 6.07) is 4.84.